The number of hydrogen-bond donors (Lipinski definition) is 4. The third kappa shape index (κ3) is 9.32. The van der Waals surface area contributed by atoms with Crippen LogP contribution in [0.3, 0.4) is 0 Å². The Bertz CT molecular complexity index is 1800. The van der Waals surface area contributed by atoms with Crippen LogP contribution in [0.25, 0.3) is 0 Å². The molecule has 1 aromatic carbocycles. The second-order valence-electron chi connectivity index (χ2n) is 16.9. The number of nitrogens with one attached hydrogen (secondary N) is 4. The van der Waals surface area contributed by atoms with E-state index < -0.39 is 85.8 Å². The van der Waals surface area contributed by atoms with Crippen molar-refractivity contribution in [2.75, 3.05) is 11.9 Å². The number of carbonyl (C=O) groups excluding carboxylic acids is 5. The van der Waals surface area contributed by atoms with Gasteiger partial charge in [-0.1, -0.05) is 43.7 Å². The summed E-state index contributed by atoms with van der Waals surface area (Å²) in [6, 6.07) is 1.18. The van der Waals surface area contributed by atoms with Gasteiger partial charge in [0.25, 0.3) is 5.91 Å². The Kier molecular flexibility index (Phi) is 11.7. The normalized spacial score (nSPS) is 30.3. The maximum absolute atomic E-state index is 14.6. The quantitative estimate of drug-likeness (QED) is 0.279. The van der Waals surface area contributed by atoms with Crippen molar-refractivity contribution in [3.63, 3.8) is 0 Å². The average Bonchev–Trinajstić information content (AvgIpc) is 3.92. The van der Waals surface area contributed by atoms with Gasteiger partial charge in [0.2, 0.25) is 21.8 Å². The number of fused-ring (bicyclic) bond motifs is 2. The van der Waals surface area contributed by atoms with Crippen LogP contribution in [0, 0.1) is 31.6 Å². The molecule has 5 amide bonds. The summed E-state index contributed by atoms with van der Waals surface area (Å²) in [5, 5.41) is 8.55. The van der Waals surface area contributed by atoms with E-state index in [-0.39, 0.29) is 25.3 Å². The van der Waals surface area contributed by atoms with Crippen LogP contribution in [0.1, 0.15) is 97.6 Å². The predicted octanol–water partition coefficient (Wildman–Crippen LogP) is 5.25. The van der Waals surface area contributed by atoms with Crippen molar-refractivity contribution in [1.82, 2.24) is 20.3 Å². The number of halogens is 1. The van der Waals surface area contributed by atoms with Crippen LogP contribution in [0.2, 0.25) is 5.02 Å². The number of rotatable bonds is 6. The lowest BCUT2D eigenvalue weighted by molar-refractivity contribution is -0.142. The zero-order valence-corrected chi connectivity index (χ0v) is 33.9. The zero-order chi connectivity index (χ0) is 40.0. The molecule has 2 saturated carbocycles. The lowest BCUT2D eigenvalue weighted by atomic mass is 9.88. The fourth-order valence-corrected chi connectivity index (χ4v) is 9.07. The molecular weight excluding hydrogens is 738 g/mol. The number of carbonyl (C=O) groups is 5. The smallest absolute Gasteiger partial charge is 0.412 e. The lowest BCUT2D eigenvalue weighted by Crippen LogP contribution is -2.59. The molecule has 54 heavy (non-hydrogen) atoms. The monoisotopic (exact) mass is 791 g/mol. The van der Waals surface area contributed by atoms with Crippen LogP contribution in [0.15, 0.2) is 24.3 Å². The van der Waals surface area contributed by atoms with Crippen molar-refractivity contribution in [3.05, 3.63) is 40.4 Å². The Hall–Kier alpha value is -3.85. The van der Waals surface area contributed by atoms with E-state index in [4.69, 9.17) is 21.1 Å². The van der Waals surface area contributed by atoms with Crippen LogP contribution < -0.4 is 20.7 Å². The summed E-state index contributed by atoms with van der Waals surface area (Å²) >= 11 is 6.41. The fraction of sp³-hybridized carbons (Fsp3) is 0.658. The van der Waals surface area contributed by atoms with E-state index in [2.05, 4.69) is 20.7 Å². The van der Waals surface area contributed by atoms with Crippen molar-refractivity contribution >= 4 is 57.2 Å². The number of hydrogen-bond acceptors (Lipinski definition) is 9. The maximum atomic E-state index is 14.6. The summed E-state index contributed by atoms with van der Waals surface area (Å²) in [4.78, 5) is 70.4. The van der Waals surface area contributed by atoms with Gasteiger partial charge in [0, 0.05) is 12.3 Å². The van der Waals surface area contributed by atoms with Gasteiger partial charge in [0.1, 0.15) is 29.3 Å². The Morgan fingerprint density at radius 2 is 1.74 bits per heavy atom. The first-order valence-electron chi connectivity index (χ1n) is 18.6. The summed E-state index contributed by atoms with van der Waals surface area (Å²) in [5.41, 5.74) is -0.465. The molecule has 0 bridgehead atoms. The average molecular weight is 792 g/mol. The summed E-state index contributed by atoms with van der Waals surface area (Å²) in [6.45, 7) is 14.0. The highest BCUT2D eigenvalue weighted by molar-refractivity contribution is 7.91. The number of amides is 5. The number of benzene rings is 1. The molecule has 2 heterocycles. The Morgan fingerprint density at radius 1 is 1.06 bits per heavy atom. The minimum absolute atomic E-state index is 0.119. The van der Waals surface area contributed by atoms with Gasteiger partial charge in [0.05, 0.1) is 22.0 Å². The van der Waals surface area contributed by atoms with E-state index in [1.165, 1.54) is 4.90 Å². The van der Waals surface area contributed by atoms with E-state index in [1.54, 1.807) is 40.7 Å². The number of alkyl carbamates (subject to hydrolysis) is 1. The molecule has 0 spiro atoms. The molecule has 2 aliphatic carbocycles. The standard InChI is InChI=1S/C38H54ClN5O9S/c1-21-11-9-10-12-25-19-38(25,33(47)43-54(50,51)37(8)13-14-37)42-31(45)28-18-26(52-34(48)40-29-23(3)16-22(2)17-27(29)39)20-44(28)32(46)30(24(4)15-21)41-35(49)53-36(5,6)7/h10,12,16-17,21,24-26,28,30H,9,11,13-15,18-20H2,1-8H3,(H,40,48)(H,41,49)(H,42,45)(H,43,47)/b12-10-/t21-,24-,25-,26-,28+,30+,38-/m1/s1. The number of aryl methyl sites for hydroxylation is 2. The van der Waals surface area contributed by atoms with Crippen molar-refractivity contribution in [3.8, 4) is 0 Å². The van der Waals surface area contributed by atoms with Gasteiger partial charge in [-0.05, 0) is 109 Å². The van der Waals surface area contributed by atoms with Crippen LogP contribution >= 0.6 is 11.6 Å². The van der Waals surface area contributed by atoms with Crippen LogP contribution in [0.4, 0.5) is 15.3 Å². The highest BCUT2D eigenvalue weighted by Gasteiger charge is 2.63. The predicted molar refractivity (Wildman–Crippen MR) is 203 cm³/mol. The molecule has 0 unspecified atom stereocenters. The molecule has 1 aromatic rings. The van der Waals surface area contributed by atoms with Crippen LogP contribution in [-0.2, 0) is 33.9 Å². The van der Waals surface area contributed by atoms with Crippen LogP contribution in [0.5, 0.6) is 0 Å². The molecule has 0 radical (unpaired) electrons. The molecule has 16 heteroatoms. The van der Waals surface area contributed by atoms with E-state index >= 15 is 0 Å². The minimum Gasteiger partial charge on any atom is -0.444 e. The third-order valence-electron chi connectivity index (χ3n) is 10.9. The van der Waals surface area contributed by atoms with Gasteiger partial charge in [-0.25, -0.2) is 18.0 Å². The number of anilines is 1. The first kappa shape index (κ1) is 41.3. The van der Waals surface area contributed by atoms with E-state index in [9.17, 15) is 32.4 Å². The molecule has 5 rings (SSSR count). The number of nitrogens with zero attached hydrogens (tertiary/aromatic N) is 1. The van der Waals surface area contributed by atoms with Crippen LogP contribution in [-0.4, -0.2) is 83.8 Å². The molecule has 0 aromatic heterocycles. The second kappa shape index (κ2) is 15.4. The first-order valence-corrected chi connectivity index (χ1v) is 20.5. The van der Waals surface area contributed by atoms with Gasteiger partial charge >= 0.3 is 12.2 Å². The second-order valence-corrected chi connectivity index (χ2v) is 19.5. The molecule has 298 valence electrons. The Labute approximate surface area is 322 Å². The largest absolute Gasteiger partial charge is 0.444 e. The zero-order valence-electron chi connectivity index (χ0n) is 32.3. The summed E-state index contributed by atoms with van der Waals surface area (Å²) in [6.07, 6.45) is 3.92. The summed E-state index contributed by atoms with van der Waals surface area (Å²) < 4.78 is 38.7. The lowest BCUT2D eigenvalue weighted by Gasteiger charge is -2.33. The van der Waals surface area contributed by atoms with Crippen molar-refractivity contribution in [2.24, 2.45) is 17.8 Å². The van der Waals surface area contributed by atoms with Crippen molar-refractivity contribution in [2.45, 2.75) is 134 Å². The third-order valence-corrected chi connectivity index (χ3v) is 13.3. The van der Waals surface area contributed by atoms with E-state index in [0.29, 0.717) is 42.0 Å². The minimum atomic E-state index is -4.02. The van der Waals surface area contributed by atoms with E-state index in [1.807, 2.05) is 39.0 Å². The SMILES string of the molecule is Cc1cc(C)c(NC(=O)O[C@@H]2C[C@H]3C(=O)N[C@]4(C(=O)NS(=O)(=O)C5(C)CC5)C[C@H]4/C=C\CC[C@@H](C)C[C@@H](C)[C@H](NC(=O)OC(C)(C)C)C(=O)N3C2)c(Cl)c1. The van der Waals surface area contributed by atoms with Gasteiger partial charge in [0.15, 0.2) is 0 Å². The van der Waals surface area contributed by atoms with E-state index in [0.717, 1.165) is 12.0 Å². The molecule has 4 N–H and O–H groups in total. The molecule has 3 fully saturated rings. The number of ether oxygens (including phenoxy) is 2. The fourth-order valence-electron chi connectivity index (χ4n) is 7.39. The van der Waals surface area contributed by atoms with Gasteiger partial charge in [-0.2, -0.15) is 0 Å². The Morgan fingerprint density at radius 3 is 2.37 bits per heavy atom. The molecule has 7 atom stereocenters. The van der Waals surface area contributed by atoms with Crippen molar-refractivity contribution < 1.29 is 41.9 Å². The molecule has 14 nitrogen and oxygen atoms in total. The highest BCUT2D eigenvalue weighted by Crippen LogP contribution is 2.47. The van der Waals surface area contributed by atoms with Crippen molar-refractivity contribution in [1.29, 1.82) is 0 Å². The maximum Gasteiger partial charge on any atom is 0.412 e. The first-order chi connectivity index (χ1) is 25.0. The van der Waals surface area contributed by atoms with Gasteiger partial charge in [-0.3, -0.25) is 24.4 Å². The highest BCUT2D eigenvalue weighted by atomic mass is 35.5. The number of allylic oxidation sites excluding steroid dienone is 1. The Balaban J connectivity index is 1.46. The summed E-state index contributed by atoms with van der Waals surface area (Å²) in [5.74, 6) is -2.92. The van der Waals surface area contributed by atoms with Gasteiger partial charge in [-0.15, -0.1) is 0 Å². The topological polar surface area (TPSA) is 189 Å². The molecule has 2 aliphatic heterocycles. The summed E-state index contributed by atoms with van der Waals surface area (Å²) in [7, 11) is -4.02. The van der Waals surface area contributed by atoms with Gasteiger partial charge < -0.3 is 25.0 Å². The molecule has 1 saturated heterocycles. The molecule has 4 aliphatic rings. The molecular formula is C38H54ClN5O9S. The number of sulfonamides is 1.